The van der Waals surface area contributed by atoms with Gasteiger partial charge in [-0.2, -0.15) is 0 Å². The molecule has 6 rings (SSSR count). The van der Waals surface area contributed by atoms with Crippen LogP contribution in [-0.2, 0) is 16.0 Å². The van der Waals surface area contributed by atoms with E-state index in [1.54, 1.807) is 36.3 Å². The predicted molar refractivity (Wildman–Crippen MR) is 160 cm³/mol. The van der Waals surface area contributed by atoms with Crippen molar-refractivity contribution in [2.45, 2.75) is 44.9 Å². The second-order valence-electron chi connectivity index (χ2n) is 10.9. The number of nitrogens with zero attached hydrogens (tertiary/aromatic N) is 2. The zero-order valence-electron chi connectivity index (χ0n) is 23.9. The molecule has 0 aliphatic carbocycles. The van der Waals surface area contributed by atoms with E-state index in [0.29, 0.717) is 43.0 Å². The zero-order chi connectivity index (χ0) is 29.4. The predicted octanol–water partition coefficient (Wildman–Crippen LogP) is 5.20. The number of carbonyl (C=O) groups is 3. The molecule has 4 aromatic rings. The van der Waals surface area contributed by atoms with E-state index in [2.05, 4.69) is 10.3 Å². The quantitative estimate of drug-likeness (QED) is 0.214. The second kappa shape index (κ2) is 11.3. The number of H-pyrrole nitrogens is 1. The van der Waals surface area contributed by atoms with Gasteiger partial charge in [0.05, 0.1) is 18.9 Å². The summed E-state index contributed by atoms with van der Waals surface area (Å²) in [6.07, 6.45) is 1.27. The molecule has 0 radical (unpaired) electrons. The van der Waals surface area contributed by atoms with Gasteiger partial charge in [0.25, 0.3) is 11.8 Å². The van der Waals surface area contributed by atoms with E-state index < -0.39 is 18.1 Å². The van der Waals surface area contributed by atoms with Crippen LogP contribution in [-0.4, -0.2) is 60.1 Å². The molecule has 3 heterocycles. The molecule has 42 heavy (non-hydrogen) atoms. The number of nitrogens with one attached hydrogen (secondary N) is 2. The lowest BCUT2D eigenvalue weighted by Gasteiger charge is -2.36. The first-order chi connectivity index (χ1) is 20.4. The highest BCUT2D eigenvalue weighted by molar-refractivity contribution is 6.22. The van der Waals surface area contributed by atoms with Crippen LogP contribution in [0.4, 0.5) is 10.5 Å². The Morgan fingerprint density at radius 3 is 2.60 bits per heavy atom. The number of rotatable bonds is 9. The molecule has 0 bridgehead atoms. The molecule has 4 amide bonds. The van der Waals surface area contributed by atoms with E-state index >= 15 is 0 Å². The lowest BCUT2D eigenvalue weighted by Crippen LogP contribution is -2.44. The minimum Gasteiger partial charge on any atom is -0.497 e. The van der Waals surface area contributed by atoms with Crippen LogP contribution in [0, 0.1) is 0 Å². The van der Waals surface area contributed by atoms with Crippen molar-refractivity contribution in [2.75, 3.05) is 25.2 Å². The van der Waals surface area contributed by atoms with Crippen LogP contribution in [0.25, 0.3) is 10.9 Å². The molecule has 2 N–H and O–H groups in total. The summed E-state index contributed by atoms with van der Waals surface area (Å²) in [6, 6.07) is 20.6. The molecule has 2 aliphatic rings. The van der Waals surface area contributed by atoms with Crippen molar-refractivity contribution in [1.82, 2.24) is 15.2 Å². The normalized spacial score (nSPS) is 18.0. The van der Waals surface area contributed by atoms with E-state index in [-0.39, 0.29) is 17.9 Å². The highest BCUT2D eigenvalue weighted by Gasteiger charge is 2.53. The van der Waals surface area contributed by atoms with E-state index in [1.807, 2.05) is 62.4 Å². The summed E-state index contributed by atoms with van der Waals surface area (Å²) in [7, 11) is 1.61. The standard InChI is InChI=1S/C33H34N4O5/c1-20(2)42-17-7-16-34-31(38)21-12-14-23(15-13-21)36-32(39)28-19-26-25-10-4-5-11-27(25)35-29(26)30(37(28)33(36)40)22-8-6-9-24(18-22)41-3/h4-6,8-15,18,20,28,30,35H,7,16-17,19H2,1-3H3,(H,34,38). The molecule has 216 valence electrons. The van der Waals surface area contributed by atoms with Crippen molar-refractivity contribution in [1.29, 1.82) is 0 Å². The lowest BCUT2D eigenvalue weighted by atomic mass is 9.89. The maximum absolute atomic E-state index is 14.1. The number of carbonyl (C=O) groups excluding carboxylic acids is 3. The Morgan fingerprint density at radius 1 is 1.05 bits per heavy atom. The van der Waals surface area contributed by atoms with Crippen molar-refractivity contribution >= 4 is 34.4 Å². The highest BCUT2D eigenvalue weighted by atomic mass is 16.5. The highest BCUT2D eigenvalue weighted by Crippen LogP contribution is 2.45. The molecule has 0 spiro atoms. The van der Waals surface area contributed by atoms with E-state index in [1.165, 1.54) is 4.90 Å². The summed E-state index contributed by atoms with van der Waals surface area (Å²) in [5, 5.41) is 3.93. The minimum absolute atomic E-state index is 0.152. The van der Waals surface area contributed by atoms with E-state index in [9.17, 15) is 14.4 Å². The van der Waals surface area contributed by atoms with Crippen LogP contribution >= 0.6 is 0 Å². The first-order valence-electron chi connectivity index (χ1n) is 14.3. The molecule has 0 saturated carbocycles. The number of anilines is 1. The maximum Gasteiger partial charge on any atom is 0.332 e. The SMILES string of the molecule is COc1cccc(C2c3[nH]c4ccccc4c3CC3C(=O)N(c4ccc(C(=O)NCCCOC(C)C)cc4)C(=O)N32)c1. The summed E-state index contributed by atoms with van der Waals surface area (Å²) in [6.45, 7) is 5.01. The Labute approximate surface area is 244 Å². The topological polar surface area (TPSA) is 104 Å². The molecule has 2 atom stereocenters. The molecule has 2 aliphatic heterocycles. The van der Waals surface area contributed by atoms with Gasteiger partial charge in [-0.15, -0.1) is 0 Å². The Kier molecular flexibility index (Phi) is 7.43. The number of benzene rings is 3. The Hall–Kier alpha value is -4.63. The number of hydrogen-bond donors (Lipinski definition) is 2. The van der Waals surface area contributed by atoms with Crippen LogP contribution in [0.1, 0.15) is 53.5 Å². The average molecular weight is 567 g/mol. The number of amides is 4. The number of methoxy groups -OCH3 is 1. The van der Waals surface area contributed by atoms with Gasteiger partial charge >= 0.3 is 6.03 Å². The van der Waals surface area contributed by atoms with Crippen molar-refractivity contribution < 1.29 is 23.9 Å². The Balaban J connectivity index is 1.29. The van der Waals surface area contributed by atoms with Crippen molar-refractivity contribution in [3.63, 3.8) is 0 Å². The monoisotopic (exact) mass is 566 g/mol. The maximum atomic E-state index is 14.1. The van der Waals surface area contributed by atoms with Crippen molar-refractivity contribution in [2.24, 2.45) is 0 Å². The molecule has 1 saturated heterocycles. The first-order valence-corrected chi connectivity index (χ1v) is 14.3. The molecule has 1 aromatic heterocycles. The van der Waals surface area contributed by atoms with E-state index in [4.69, 9.17) is 9.47 Å². The summed E-state index contributed by atoms with van der Waals surface area (Å²) in [5.41, 5.74) is 4.63. The molecule has 1 fully saturated rings. The van der Waals surface area contributed by atoms with Gasteiger partial charge in [-0.05, 0) is 73.9 Å². The van der Waals surface area contributed by atoms with Gasteiger partial charge in [0.2, 0.25) is 0 Å². The molecule has 9 nitrogen and oxygen atoms in total. The van der Waals surface area contributed by atoms with Gasteiger partial charge in [-0.3, -0.25) is 14.5 Å². The number of hydrogen-bond acceptors (Lipinski definition) is 5. The van der Waals surface area contributed by atoms with Crippen LogP contribution in [0.15, 0.2) is 72.8 Å². The number of aromatic amines is 1. The number of ether oxygens (including phenoxy) is 2. The fraction of sp³-hybridized carbons (Fsp3) is 0.303. The van der Waals surface area contributed by atoms with Crippen LogP contribution in [0.5, 0.6) is 5.75 Å². The number of fused-ring (bicyclic) bond motifs is 4. The molecular formula is C33H34N4O5. The second-order valence-corrected chi connectivity index (χ2v) is 10.9. The fourth-order valence-electron chi connectivity index (χ4n) is 5.93. The van der Waals surface area contributed by atoms with Gasteiger partial charge in [0.15, 0.2) is 0 Å². The smallest absolute Gasteiger partial charge is 0.332 e. The average Bonchev–Trinajstić information content (AvgIpc) is 3.49. The van der Waals surface area contributed by atoms with Gasteiger partial charge in [0.1, 0.15) is 17.8 Å². The number of aromatic nitrogens is 1. The third-order valence-electron chi connectivity index (χ3n) is 7.90. The molecular weight excluding hydrogens is 532 g/mol. The lowest BCUT2D eigenvalue weighted by molar-refractivity contribution is -0.120. The van der Waals surface area contributed by atoms with Crippen molar-refractivity contribution in [3.05, 3.63) is 95.2 Å². The summed E-state index contributed by atoms with van der Waals surface area (Å²) in [5.74, 6) is 0.167. The van der Waals surface area contributed by atoms with Gasteiger partial charge in [0, 0.05) is 41.7 Å². The molecule has 9 heteroatoms. The summed E-state index contributed by atoms with van der Waals surface area (Å²) < 4.78 is 11.0. The number of imide groups is 1. The molecule has 3 aromatic carbocycles. The third-order valence-corrected chi connectivity index (χ3v) is 7.90. The first kappa shape index (κ1) is 27.5. The minimum atomic E-state index is -0.670. The number of para-hydroxylation sites is 1. The van der Waals surface area contributed by atoms with Gasteiger partial charge < -0.3 is 19.8 Å². The Morgan fingerprint density at radius 2 is 1.83 bits per heavy atom. The summed E-state index contributed by atoms with van der Waals surface area (Å²) >= 11 is 0. The third kappa shape index (κ3) is 4.90. The Bertz CT molecular complexity index is 1640. The number of urea groups is 1. The van der Waals surface area contributed by atoms with Crippen molar-refractivity contribution in [3.8, 4) is 5.75 Å². The van der Waals surface area contributed by atoms with Crippen LogP contribution in [0.2, 0.25) is 0 Å². The zero-order valence-corrected chi connectivity index (χ0v) is 23.9. The van der Waals surface area contributed by atoms with Gasteiger partial charge in [-0.1, -0.05) is 30.3 Å². The van der Waals surface area contributed by atoms with Crippen LogP contribution < -0.4 is 15.0 Å². The van der Waals surface area contributed by atoms with E-state index in [0.717, 1.165) is 27.7 Å². The largest absolute Gasteiger partial charge is 0.497 e. The summed E-state index contributed by atoms with van der Waals surface area (Å²) in [4.78, 5) is 47.1. The fourth-order valence-corrected chi connectivity index (χ4v) is 5.93. The van der Waals surface area contributed by atoms with Gasteiger partial charge in [-0.25, -0.2) is 9.69 Å². The molecule has 2 unspecified atom stereocenters. The van der Waals surface area contributed by atoms with Crippen LogP contribution in [0.3, 0.4) is 0 Å².